The summed E-state index contributed by atoms with van der Waals surface area (Å²) in [4.78, 5) is 19.4. The number of rotatable bonds is 7. The van der Waals surface area contributed by atoms with E-state index < -0.39 is 0 Å². The maximum atomic E-state index is 12.4. The minimum Gasteiger partial charge on any atom is -0.497 e. The zero-order valence-corrected chi connectivity index (χ0v) is 16.5. The lowest BCUT2D eigenvalue weighted by atomic mass is 10.1. The second kappa shape index (κ2) is 8.35. The quantitative estimate of drug-likeness (QED) is 0.742. The molecule has 2 heterocycles. The van der Waals surface area contributed by atoms with Gasteiger partial charge in [0.05, 0.1) is 18.6 Å². The number of nitrogens with zero attached hydrogens (tertiary/aromatic N) is 3. The number of ether oxygens (including phenoxy) is 1. The Bertz CT molecular complexity index is 782. The lowest BCUT2D eigenvalue weighted by Crippen LogP contribution is -2.45. The van der Waals surface area contributed by atoms with Gasteiger partial charge in [0.1, 0.15) is 5.75 Å². The van der Waals surface area contributed by atoms with Crippen molar-refractivity contribution in [2.24, 2.45) is 0 Å². The van der Waals surface area contributed by atoms with E-state index in [2.05, 4.69) is 15.2 Å². The van der Waals surface area contributed by atoms with Gasteiger partial charge in [-0.05, 0) is 37.8 Å². The molecule has 1 saturated heterocycles. The predicted octanol–water partition coefficient (Wildman–Crippen LogP) is 2.72. The van der Waals surface area contributed by atoms with Crippen LogP contribution in [0.4, 0.5) is 0 Å². The molecular formula is C20H26N4O2S. The normalized spacial score (nSPS) is 18.4. The first-order valence-electron chi connectivity index (χ1n) is 9.57. The van der Waals surface area contributed by atoms with Crippen molar-refractivity contribution in [2.45, 2.75) is 42.9 Å². The Labute approximate surface area is 164 Å². The Balaban J connectivity index is 1.29. The van der Waals surface area contributed by atoms with Crippen molar-refractivity contribution in [3.8, 4) is 11.4 Å². The molecule has 27 heavy (non-hydrogen) atoms. The van der Waals surface area contributed by atoms with Crippen molar-refractivity contribution in [3.63, 3.8) is 0 Å². The van der Waals surface area contributed by atoms with Gasteiger partial charge in [-0.25, -0.2) is 4.98 Å². The Morgan fingerprint density at radius 1 is 1.30 bits per heavy atom. The molecule has 0 unspecified atom stereocenters. The first-order valence-corrected chi connectivity index (χ1v) is 10.6. The summed E-state index contributed by atoms with van der Waals surface area (Å²) in [6.07, 6.45) is 8.49. The van der Waals surface area contributed by atoms with Gasteiger partial charge in [-0.15, -0.1) is 0 Å². The van der Waals surface area contributed by atoms with Crippen LogP contribution in [0.25, 0.3) is 5.69 Å². The topological polar surface area (TPSA) is 59.4 Å². The van der Waals surface area contributed by atoms with Crippen LogP contribution in [0, 0.1) is 0 Å². The Kier molecular flexibility index (Phi) is 5.69. The fourth-order valence-electron chi connectivity index (χ4n) is 3.60. The van der Waals surface area contributed by atoms with Crippen molar-refractivity contribution in [1.29, 1.82) is 0 Å². The van der Waals surface area contributed by atoms with Crippen molar-refractivity contribution in [2.75, 3.05) is 26.0 Å². The number of likely N-dealkylation sites (tertiary alicyclic amines) is 1. The first-order chi connectivity index (χ1) is 13.2. The molecule has 1 aliphatic carbocycles. The zero-order valence-electron chi connectivity index (χ0n) is 15.6. The lowest BCUT2D eigenvalue weighted by molar-refractivity contribution is -0.119. The maximum absolute atomic E-state index is 12.4. The fourth-order valence-corrected chi connectivity index (χ4v) is 4.39. The summed E-state index contributed by atoms with van der Waals surface area (Å²) in [6, 6.07) is 8.96. The van der Waals surface area contributed by atoms with E-state index in [4.69, 9.17) is 4.74 Å². The van der Waals surface area contributed by atoms with Crippen LogP contribution in [0.1, 0.15) is 25.7 Å². The molecular weight excluding hydrogens is 360 g/mol. The molecule has 2 aliphatic rings. The Hall–Kier alpha value is -1.99. The highest BCUT2D eigenvalue weighted by molar-refractivity contribution is 7.99. The molecule has 1 saturated carbocycles. The second-order valence-corrected chi connectivity index (χ2v) is 8.12. The number of thioether (sulfide) groups is 1. The number of nitrogens with one attached hydrogen (secondary N) is 1. The number of piperidine rings is 1. The highest BCUT2D eigenvalue weighted by Gasteiger charge is 2.32. The largest absolute Gasteiger partial charge is 0.497 e. The van der Waals surface area contributed by atoms with Gasteiger partial charge < -0.3 is 15.0 Å². The molecule has 1 N–H and O–H groups in total. The van der Waals surface area contributed by atoms with Gasteiger partial charge >= 0.3 is 0 Å². The molecule has 0 radical (unpaired) electrons. The number of hydrogen-bond donors (Lipinski definition) is 1. The van der Waals surface area contributed by atoms with E-state index in [1.165, 1.54) is 24.6 Å². The van der Waals surface area contributed by atoms with Gasteiger partial charge in [-0.3, -0.25) is 9.36 Å². The van der Waals surface area contributed by atoms with E-state index in [-0.39, 0.29) is 5.91 Å². The third kappa shape index (κ3) is 4.65. The van der Waals surface area contributed by atoms with E-state index >= 15 is 0 Å². The van der Waals surface area contributed by atoms with E-state index in [0.717, 1.165) is 48.6 Å². The number of aromatic nitrogens is 2. The van der Waals surface area contributed by atoms with Crippen LogP contribution in [0.15, 0.2) is 41.8 Å². The minimum atomic E-state index is 0.0880. The maximum Gasteiger partial charge on any atom is 0.230 e. The van der Waals surface area contributed by atoms with Crippen molar-refractivity contribution in [1.82, 2.24) is 19.8 Å². The molecule has 7 heteroatoms. The summed E-state index contributed by atoms with van der Waals surface area (Å²) >= 11 is 1.46. The van der Waals surface area contributed by atoms with Gasteiger partial charge in [0.25, 0.3) is 0 Å². The standard InChI is InChI=1S/C20H26N4O2S/c1-26-18-4-2-3-17(13-18)24-12-9-21-20(24)27-14-19(25)22-15-7-10-23(11-8-15)16-5-6-16/h2-4,9,12-13,15-16H,5-8,10-11,14H2,1H3,(H,22,25). The summed E-state index contributed by atoms with van der Waals surface area (Å²) < 4.78 is 7.27. The van der Waals surface area contributed by atoms with Gasteiger partial charge in [-0.2, -0.15) is 0 Å². The molecule has 1 amide bonds. The minimum absolute atomic E-state index is 0.0880. The highest BCUT2D eigenvalue weighted by atomic mass is 32.2. The van der Waals surface area contributed by atoms with Crippen molar-refractivity contribution >= 4 is 17.7 Å². The van der Waals surface area contributed by atoms with Crippen molar-refractivity contribution in [3.05, 3.63) is 36.7 Å². The third-order valence-electron chi connectivity index (χ3n) is 5.23. The number of imidazole rings is 1. The lowest BCUT2D eigenvalue weighted by Gasteiger charge is -2.32. The van der Waals surface area contributed by atoms with Crippen LogP contribution in [-0.4, -0.2) is 58.4 Å². The van der Waals surface area contributed by atoms with Crippen molar-refractivity contribution < 1.29 is 9.53 Å². The van der Waals surface area contributed by atoms with Crippen LogP contribution in [0.2, 0.25) is 0 Å². The molecule has 0 bridgehead atoms. The molecule has 0 spiro atoms. The monoisotopic (exact) mass is 386 g/mol. The average Bonchev–Trinajstić information content (AvgIpc) is 3.44. The first kappa shape index (κ1) is 18.4. The number of benzene rings is 1. The number of methoxy groups -OCH3 is 1. The molecule has 6 nitrogen and oxygen atoms in total. The van der Waals surface area contributed by atoms with Gasteiger partial charge in [0.2, 0.25) is 5.91 Å². The van der Waals surface area contributed by atoms with E-state index in [1.807, 2.05) is 35.0 Å². The van der Waals surface area contributed by atoms with E-state index in [0.29, 0.717) is 11.8 Å². The summed E-state index contributed by atoms with van der Waals surface area (Å²) in [7, 11) is 1.65. The highest BCUT2D eigenvalue weighted by Crippen LogP contribution is 2.29. The van der Waals surface area contributed by atoms with Gasteiger partial charge in [0.15, 0.2) is 5.16 Å². The molecule has 2 fully saturated rings. The van der Waals surface area contributed by atoms with Crippen LogP contribution in [0.5, 0.6) is 5.75 Å². The molecule has 1 aliphatic heterocycles. The van der Waals surface area contributed by atoms with Crippen LogP contribution in [0.3, 0.4) is 0 Å². The van der Waals surface area contributed by atoms with Crippen LogP contribution in [-0.2, 0) is 4.79 Å². The fraction of sp³-hybridized carbons (Fsp3) is 0.500. The van der Waals surface area contributed by atoms with Gasteiger partial charge in [-0.1, -0.05) is 17.8 Å². The number of carbonyl (C=O) groups is 1. The van der Waals surface area contributed by atoms with Gasteiger partial charge in [0, 0.05) is 43.6 Å². The number of amides is 1. The summed E-state index contributed by atoms with van der Waals surface area (Å²) in [5.41, 5.74) is 0.974. The number of hydrogen-bond acceptors (Lipinski definition) is 5. The summed E-state index contributed by atoms with van der Waals surface area (Å²) in [6.45, 7) is 2.23. The second-order valence-electron chi connectivity index (χ2n) is 7.18. The SMILES string of the molecule is COc1cccc(-n2ccnc2SCC(=O)NC2CCN(C3CC3)CC2)c1. The summed E-state index contributed by atoms with van der Waals surface area (Å²) in [5.74, 6) is 1.27. The molecule has 0 atom stereocenters. The number of carbonyl (C=O) groups excluding carboxylic acids is 1. The predicted molar refractivity (Wildman–Crippen MR) is 107 cm³/mol. The molecule has 1 aromatic carbocycles. The van der Waals surface area contributed by atoms with E-state index in [1.54, 1.807) is 13.3 Å². The third-order valence-corrected chi connectivity index (χ3v) is 6.20. The molecule has 4 rings (SSSR count). The van der Waals surface area contributed by atoms with Crippen LogP contribution >= 0.6 is 11.8 Å². The average molecular weight is 387 g/mol. The molecule has 2 aromatic rings. The van der Waals surface area contributed by atoms with Crippen LogP contribution < -0.4 is 10.1 Å². The smallest absolute Gasteiger partial charge is 0.230 e. The van der Waals surface area contributed by atoms with E-state index in [9.17, 15) is 4.79 Å². The summed E-state index contributed by atoms with van der Waals surface area (Å²) in [5, 5.41) is 4.00. The zero-order chi connectivity index (χ0) is 18.6. The Morgan fingerprint density at radius 3 is 2.85 bits per heavy atom. The molecule has 144 valence electrons. The molecule has 1 aromatic heterocycles. The Morgan fingerprint density at radius 2 is 2.11 bits per heavy atom.